The molecule has 0 aliphatic heterocycles. The first-order valence-electron chi connectivity index (χ1n) is 6.21. The van der Waals surface area contributed by atoms with E-state index in [4.69, 9.17) is 0 Å². The molecule has 16 heavy (non-hydrogen) atoms. The van der Waals surface area contributed by atoms with Crippen LogP contribution < -0.4 is 0 Å². The Balaban J connectivity index is 2.02. The number of phenolic OH excluding ortho intramolecular Hbond substituents is 1. The molecule has 0 bridgehead atoms. The maximum absolute atomic E-state index is 10.0. The molecule has 2 nitrogen and oxygen atoms in total. The van der Waals surface area contributed by atoms with Crippen LogP contribution in [0.3, 0.4) is 0 Å². The second kappa shape index (κ2) is 5.35. The van der Waals surface area contributed by atoms with E-state index in [9.17, 15) is 10.2 Å². The molecule has 1 aromatic rings. The predicted molar refractivity (Wildman–Crippen MR) is 64.4 cm³/mol. The maximum Gasteiger partial charge on any atom is 0.115 e. The third-order valence-corrected chi connectivity index (χ3v) is 3.53. The zero-order valence-corrected chi connectivity index (χ0v) is 9.60. The summed E-state index contributed by atoms with van der Waals surface area (Å²) in [5, 5.41) is 19.4. The lowest BCUT2D eigenvalue weighted by Crippen LogP contribution is -2.20. The fourth-order valence-corrected chi connectivity index (χ4v) is 2.59. The largest absolute Gasteiger partial charge is 0.508 e. The Hall–Kier alpha value is -1.02. The normalized spacial score (nSPS) is 26.3. The van der Waals surface area contributed by atoms with Crippen molar-refractivity contribution in [3.05, 3.63) is 29.8 Å². The summed E-state index contributed by atoms with van der Waals surface area (Å²) in [4.78, 5) is 0. The minimum atomic E-state index is -0.162. The van der Waals surface area contributed by atoms with Gasteiger partial charge in [-0.3, -0.25) is 0 Å². The molecule has 0 saturated heterocycles. The highest BCUT2D eigenvalue weighted by Gasteiger charge is 2.21. The second-order valence-electron chi connectivity index (χ2n) is 4.84. The number of rotatable bonds is 2. The Morgan fingerprint density at radius 3 is 2.75 bits per heavy atom. The van der Waals surface area contributed by atoms with Crippen molar-refractivity contribution in [2.75, 3.05) is 0 Å². The molecule has 1 fully saturated rings. The summed E-state index contributed by atoms with van der Waals surface area (Å²) in [6, 6.07) is 7.38. The van der Waals surface area contributed by atoms with Crippen LogP contribution in [0.5, 0.6) is 5.75 Å². The molecule has 1 aromatic carbocycles. The molecule has 88 valence electrons. The van der Waals surface area contributed by atoms with Crippen molar-refractivity contribution in [1.82, 2.24) is 0 Å². The van der Waals surface area contributed by atoms with Crippen LogP contribution in [0.1, 0.15) is 37.7 Å². The molecule has 0 amide bonds. The van der Waals surface area contributed by atoms with E-state index in [0.717, 1.165) is 31.2 Å². The fraction of sp³-hybridized carbons (Fsp3) is 0.571. The third-order valence-electron chi connectivity index (χ3n) is 3.53. The van der Waals surface area contributed by atoms with Crippen molar-refractivity contribution in [3.63, 3.8) is 0 Å². The van der Waals surface area contributed by atoms with Gasteiger partial charge in [-0.2, -0.15) is 0 Å². The monoisotopic (exact) mass is 220 g/mol. The number of hydrogen-bond acceptors (Lipinski definition) is 2. The lowest BCUT2D eigenvalue weighted by Gasteiger charge is -2.20. The van der Waals surface area contributed by atoms with Crippen molar-refractivity contribution in [2.24, 2.45) is 5.92 Å². The number of aromatic hydroxyl groups is 1. The molecule has 1 aliphatic rings. The lowest BCUT2D eigenvalue weighted by molar-refractivity contribution is 0.101. The molecule has 2 heteroatoms. The summed E-state index contributed by atoms with van der Waals surface area (Å²) < 4.78 is 0. The number of phenols is 1. The molecule has 1 aliphatic carbocycles. The number of benzene rings is 1. The van der Waals surface area contributed by atoms with Gasteiger partial charge >= 0.3 is 0 Å². The molecule has 0 heterocycles. The van der Waals surface area contributed by atoms with Crippen LogP contribution in [0.25, 0.3) is 0 Å². The van der Waals surface area contributed by atoms with Crippen LogP contribution in [-0.4, -0.2) is 16.3 Å². The first-order valence-corrected chi connectivity index (χ1v) is 6.21. The van der Waals surface area contributed by atoms with Crippen LogP contribution in [-0.2, 0) is 6.42 Å². The van der Waals surface area contributed by atoms with Crippen molar-refractivity contribution >= 4 is 0 Å². The van der Waals surface area contributed by atoms with E-state index in [1.54, 1.807) is 12.1 Å². The van der Waals surface area contributed by atoms with Gasteiger partial charge in [-0.25, -0.2) is 0 Å². The molecule has 0 radical (unpaired) electrons. The van der Waals surface area contributed by atoms with E-state index in [1.165, 1.54) is 12.8 Å². The zero-order valence-electron chi connectivity index (χ0n) is 9.60. The van der Waals surface area contributed by atoms with Crippen molar-refractivity contribution in [3.8, 4) is 5.75 Å². The van der Waals surface area contributed by atoms with Gasteiger partial charge in [0.15, 0.2) is 0 Å². The van der Waals surface area contributed by atoms with E-state index in [-0.39, 0.29) is 6.10 Å². The molecule has 2 atom stereocenters. The predicted octanol–water partition coefficient (Wildman–Crippen LogP) is 2.88. The van der Waals surface area contributed by atoms with Gasteiger partial charge in [0.05, 0.1) is 6.10 Å². The molecule has 0 aromatic heterocycles. The average molecular weight is 220 g/mol. The van der Waals surface area contributed by atoms with Crippen LogP contribution in [0, 0.1) is 5.92 Å². The molecule has 0 spiro atoms. The highest BCUT2D eigenvalue weighted by molar-refractivity contribution is 5.27. The van der Waals surface area contributed by atoms with Gasteiger partial charge in [0, 0.05) is 0 Å². The number of hydrogen-bond donors (Lipinski definition) is 2. The molecule has 2 unspecified atom stereocenters. The smallest absolute Gasteiger partial charge is 0.115 e. The standard InChI is InChI=1S/C14H20O2/c15-13-7-4-5-11(10-13)9-12-6-2-1-3-8-14(12)16/h4-5,7,10,12,14-16H,1-3,6,8-9H2. The SMILES string of the molecule is Oc1cccc(CC2CCCCCC2O)c1. The zero-order chi connectivity index (χ0) is 11.4. The summed E-state index contributed by atoms with van der Waals surface area (Å²) >= 11 is 0. The first kappa shape index (κ1) is 11.5. The summed E-state index contributed by atoms with van der Waals surface area (Å²) in [6.07, 6.45) is 6.38. The molecule has 2 rings (SSSR count). The van der Waals surface area contributed by atoms with Crippen LogP contribution in [0.4, 0.5) is 0 Å². The summed E-state index contributed by atoms with van der Waals surface area (Å²) in [7, 11) is 0. The van der Waals surface area contributed by atoms with E-state index < -0.39 is 0 Å². The minimum Gasteiger partial charge on any atom is -0.508 e. The first-order chi connectivity index (χ1) is 7.75. The Morgan fingerprint density at radius 2 is 1.94 bits per heavy atom. The highest BCUT2D eigenvalue weighted by atomic mass is 16.3. The van der Waals surface area contributed by atoms with Crippen molar-refractivity contribution in [2.45, 2.75) is 44.6 Å². The lowest BCUT2D eigenvalue weighted by atomic mass is 9.90. The van der Waals surface area contributed by atoms with E-state index in [2.05, 4.69) is 0 Å². The van der Waals surface area contributed by atoms with Gasteiger partial charge < -0.3 is 10.2 Å². The van der Waals surface area contributed by atoms with Gasteiger partial charge in [0.2, 0.25) is 0 Å². The topological polar surface area (TPSA) is 40.5 Å². The maximum atomic E-state index is 10.0. The van der Waals surface area contributed by atoms with E-state index >= 15 is 0 Å². The van der Waals surface area contributed by atoms with Gasteiger partial charge in [0.25, 0.3) is 0 Å². The molecular weight excluding hydrogens is 200 g/mol. The third kappa shape index (κ3) is 2.99. The number of aliphatic hydroxyl groups excluding tert-OH is 1. The fourth-order valence-electron chi connectivity index (χ4n) is 2.59. The Morgan fingerprint density at radius 1 is 1.12 bits per heavy atom. The van der Waals surface area contributed by atoms with Crippen LogP contribution in [0.2, 0.25) is 0 Å². The van der Waals surface area contributed by atoms with Gasteiger partial charge in [-0.15, -0.1) is 0 Å². The summed E-state index contributed by atoms with van der Waals surface area (Å²) in [5.41, 5.74) is 1.13. The highest BCUT2D eigenvalue weighted by Crippen LogP contribution is 2.27. The molecule has 1 saturated carbocycles. The Kier molecular flexibility index (Phi) is 3.83. The van der Waals surface area contributed by atoms with Crippen molar-refractivity contribution < 1.29 is 10.2 Å². The molecular formula is C14H20O2. The minimum absolute atomic E-state index is 0.162. The van der Waals surface area contributed by atoms with E-state index in [1.807, 2.05) is 12.1 Å². The van der Waals surface area contributed by atoms with Gasteiger partial charge in [0.1, 0.15) is 5.75 Å². The van der Waals surface area contributed by atoms with Gasteiger partial charge in [-0.05, 0) is 42.9 Å². The quantitative estimate of drug-likeness (QED) is 0.752. The van der Waals surface area contributed by atoms with Crippen molar-refractivity contribution in [1.29, 1.82) is 0 Å². The second-order valence-corrected chi connectivity index (χ2v) is 4.84. The summed E-state index contributed by atoms with van der Waals surface area (Å²) in [6.45, 7) is 0. The van der Waals surface area contributed by atoms with Crippen LogP contribution in [0.15, 0.2) is 24.3 Å². The molecule has 2 N–H and O–H groups in total. The van der Waals surface area contributed by atoms with E-state index in [0.29, 0.717) is 11.7 Å². The Bertz CT molecular complexity index is 335. The van der Waals surface area contributed by atoms with Gasteiger partial charge in [-0.1, -0.05) is 31.4 Å². The van der Waals surface area contributed by atoms with Crippen LogP contribution >= 0.6 is 0 Å². The number of aliphatic hydroxyl groups is 1. The summed E-state index contributed by atoms with van der Waals surface area (Å²) in [5.74, 6) is 0.685. The average Bonchev–Trinajstić information content (AvgIpc) is 2.45. The Labute approximate surface area is 96.9 Å².